The first-order chi connectivity index (χ1) is 18.5. The third-order valence-corrected chi connectivity index (χ3v) is 6.83. The molecule has 2 aromatic rings. The van der Waals surface area contributed by atoms with Gasteiger partial charge in [-0.3, -0.25) is 9.59 Å². The normalized spacial score (nSPS) is 19.9. The summed E-state index contributed by atoms with van der Waals surface area (Å²) in [6, 6.07) is 15.9. The van der Waals surface area contributed by atoms with Gasteiger partial charge in [-0.15, -0.1) is 0 Å². The van der Waals surface area contributed by atoms with E-state index in [4.69, 9.17) is 14.2 Å². The molecule has 4 rings (SSSR count). The van der Waals surface area contributed by atoms with Crippen LogP contribution in [-0.2, 0) is 23.8 Å². The quantitative estimate of drug-likeness (QED) is 0.260. The van der Waals surface area contributed by atoms with Crippen molar-refractivity contribution in [2.45, 2.75) is 51.2 Å². The maximum Gasteiger partial charge on any atom is 0.407 e. The van der Waals surface area contributed by atoms with Gasteiger partial charge in [0.25, 0.3) is 0 Å². The molecule has 2 aliphatic rings. The maximum atomic E-state index is 13.1. The number of alkyl carbamates (subject to hydrolysis) is 2. The van der Waals surface area contributed by atoms with Gasteiger partial charge in [0.05, 0.1) is 11.8 Å². The van der Waals surface area contributed by atoms with Crippen molar-refractivity contribution in [3.63, 3.8) is 0 Å². The fourth-order valence-corrected chi connectivity index (χ4v) is 5.17. The number of aliphatic carboxylic acids is 1. The molecule has 0 bridgehead atoms. The molecule has 2 amide bonds. The Morgan fingerprint density at radius 1 is 0.846 bits per heavy atom. The summed E-state index contributed by atoms with van der Waals surface area (Å²) in [6.45, 7) is 5.52. The first-order valence-electron chi connectivity index (χ1n) is 13.0. The molecule has 39 heavy (non-hydrogen) atoms. The zero-order valence-electron chi connectivity index (χ0n) is 22.3. The summed E-state index contributed by atoms with van der Waals surface area (Å²) >= 11 is 0. The Morgan fingerprint density at radius 3 is 1.95 bits per heavy atom. The zero-order valence-corrected chi connectivity index (χ0v) is 22.3. The Kier molecular flexibility index (Phi) is 8.42. The molecular weight excluding hydrogens is 504 g/mol. The molecule has 2 aliphatic carbocycles. The number of carboxylic acids is 1. The lowest BCUT2D eigenvalue weighted by atomic mass is 9.96. The number of nitrogens with one attached hydrogen (secondary N) is 2. The molecule has 10 heteroatoms. The molecule has 0 aromatic heterocycles. The molecule has 208 valence electrons. The Hall–Kier alpha value is -4.08. The number of esters is 1. The van der Waals surface area contributed by atoms with Gasteiger partial charge < -0.3 is 30.0 Å². The fraction of sp³-hybridized carbons (Fsp3) is 0.448. The van der Waals surface area contributed by atoms with Crippen molar-refractivity contribution in [3.8, 4) is 11.1 Å². The third kappa shape index (κ3) is 6.87. The monoisotopic (exact) mass is 538 g/mol. The van der Waals surface area contributed by atoms with E-state index in [1.807, 2.05) is 48.5 Å². The van der Waals surface area contributed by atoms with Crippen LogP contribution < -0.4 is 10.6 Å². The van der Waals surface area contributed by atoms with E-state index in [0.29, 0.717) is 0 Å². The van der Waals surface area contributed by atoms with Gasteiger partial charge in [0, 0.05) is 19.0 Å². The second-order valence-electron chi connectivity index (χ2n) is 10.8. The van der Waals surface area contributed by atoms with Crippen molar-refractivity contribution in [3.05, 3.63) is 59.7 Å². The number of carboxylic acid groups (broad SMARTS) is 1. The Labute approximate surface area is 227 Å². The molecule has 10 nitrogen and oxygen atoms in total. The van der Waals surface area contributed by atoms with E-state index >= 15 is 0 Å². The van der Waals surface area contributed by atoms with E-state index in [1.54, 1.807) is 20.8 Å². The lowest BCUT2D eigenvalue weighted by Gasteiger charge is -2.19. The van der Waals surface area contributed by atoms with Crippen LogP contribution in [0.2, 0.25) is 0 Å². The van der Waals surface area contributed by atoms with Gasteiger partial charge in [-0.2, -0.15) is 0 Å². The van der Waals surface area contributed by atoms with E-state index < -0.39 is 47.7 Å². The molecular formula is C29H34N2O8. The van der Waals surface area contributed by atoms with Crippen molar-refractivity contribution in [1.82, 2.24) is 10.6 Å². The number of ether oxygens (including phenoxy) is 3. The molecule has 1 saturated carbocycles. The van der Waals surface area contributed by atoms with Crippen molar-refractivity contribution < 1.29 is 38.5 Å². The summed E-state index contributed by atoms with van der Waals surface area (Å²) in [5, 5.41) is 14.7. The molecule has 3 N–H and O–H groups in total. The standard InChI is InChI=1S/C29H34N2O8/c1-29(2,3)39-28(36)31-13-12-30-27(35)38-17-14-22(25(32)33)23(15-17)26(34)37-16-24-20-10-6-4-8-18(20)19-9-5-7-11-21(19)24/h4-11,17,22-24H,12-16H2,1-3H3,(H,30,35)(H,31,36)(H,32,33)/t17-,22-,23?/m0/s1. The highest BCUT2D eigenvalue weighted by Gasteiger charge is 2.45. The number of amides is 2. The second-order valence-corrected chi connectivity index (χ2v) is 10.8. The zero-order chi connectivity index (χ0) is 28.2. The van der Waals surface area contributed by atoms with Crippen LogP contribution >= 0.6 is 0 Å². The van der Waals surface area contributed by atoms with Crippen LogP contribution in [0, 0.1) is 11.8 Å². The van der Waals surface area contributed by atoms with E-state index in [2.05, 4.69) is 10.6 Å². The van der Waals surface area contributed by atoms with Crippen LogP contribution in [0.3, 0.4) is 0 Å². The van der Waals surface area contributed by atoms with E-state index in [-0.39, 0.29) is 38.5 Å². The highest BCUT2D eigenvalue weighted by molar-refractivity contribution is 5.83. The lowest BCUT2D eigenvalue weighted by molar-refractivity contribution is -0.156. The lowest BCUT2D eigenvalue weighted by Crippen LogP contribution is -2.38. The third-order valence-electron chi connectivity index (χ3n) is 6.83. The largest absolute Gasteiger partial charge is 0.481 e. The molecule has 2 aromatic carbocycles. The highest BCUT2D eigenvalue weighted by Crippen LogP contribution is 2.45. The second kappa shape index (κ2) is 11.8. The van der Waals surface area contributed by atoms with Crippen molar-refractivity contribution in [2.75, 3.05) is 19.7 Å². The first-order valence-corrected chi connectivity index (χ1v) is 13.0. The van der Waals surface area contributed by atoms with E-state index in [9.17, 15) is 24.3 Å². The van der Waals surface area contributed by atoms with E-state index in [1.165, 1.54) is 0 Å². The molecule has 3 atom stereocenters. The van der Waals surface area contributed by atoms with Gasteiger partial charge in [0.15, 0.2) is 0 Å². The van der Waals surface area contributed by atoms with Crippen LogP contribution in [0.25, 0.3) is 11.1 Å². The molecule has 0 saturated heterocycles. The Morgan fingerprint density at radius 2 is 1.38 bits per heavy atom. The summed E-state index contributed by atoms with van der Waals surface area (Å²) in [7, 11) is 0. The SMILES string of the molecule is CC(C)(C)OC(=O)NCCNC(=O)O[C@@H]1CC(C(=O)OCC2c3ccccc3-c3ccccc32)[C@@H](C(=O)O)C1. The minimum Gasteiger partial charge on any atom is -0.481 e. The maximum absolute atomic E-state index is 13.1. The molecule has 0 aliphatic heterocycles. The van der Waals surface area contributed by atoms with Crippen molar-refractivity contribution in [1.29, 1.82) is 0 Å². The number of carbonyl (C=O) groups is 4. The van der Waals surface area contributed by atoms with Crippen LogP contribution in [0.4, 0.5) is 9.59 Å². The molecule has 1 fully saturated rings. The summed E-state index contributed by atoms with van der Waals surface area (Å²) in [4.78, 5) is 48.8. The van der Waals surface area contributed by atoms with E-state index in [0.717, 1.165) is 22.3 Å². The van der Waals surface area contributed by atoms with Gasteiger partial charge in [0.1, 0.15) is 18.3 Å². The van der Waals surface area contributed by atoms with Gasteiger partial charge in [-0.25, -0.2) is 9.59 Å². The topological polar surface area (TPSA) is 140 Å². The number of fused-ring (bicyclic) bond motifs is 3. The van der Waals surface area contributed by atoms with Crippen molar-refractivity contribution in [2.24, 2.45) is 11.8 Å². The molecule has 0 spiro atoms. The first kappa shape index (κ1) is 27.9. The number of carbonyl (C=O) groups excluding carboxylic acids is 3. The summed E-state index contributed by atoms with van der Waals surface area (Å²) in [5.41, 5.74) is 3.68. The molecule has 0 heterocycles. The van der Waals surface area contributed by atoms with Gasteiger partial charge >= 0.3 is 24.1 Å². The smallest absolute Gasteiger partial charge is 0.407 e. The molecule has 0 radical (unpaired) electrons. The van der Waals surface area contributed by atoms with Crippen LogP contribution in [0.15, 0.2) is 48.5 Å². The minimum absolute atomic E-state index is 0.00771. The van der Waals surface area contributed by atoms with Gasteiger partial charge in [-0.1, -0.05) is 48.5 Å². The summed E-state index contributed by atoms with van der Waals surface area (Å²) in [6.07, 6.45) is -2.06. The predicted molar refractivity (Wildman–Crippen MR) is 141 cm³/mol. The predicted octanol–water partition coefficient (Wildman–Crippen LogP) is 4.07. The molecule has 1 unspecified atom stereocenters. The Balaban J connectivity index is 1.28. The average Bonchev–Trinajstić information content (AvgIpc) is 3.44. The number of benzene rings is 2. The van der Waals surface area contributed by atoms with Crippen LogP contribution in [0.1, 0.15) is 50.7 Å². The minimum atomic E-state index is -1.14. The number of rotatable bonds is 8. The fourth-order valence-electron chi connectivity index (χ4n) is 5.17. The summed E-state index contributed by atoms with van der Waals surface area (Å²) in [5.74, 6) is -3.84. The van der Waals surface area contributed by atoms with Crippen molar-refractivity contribution >= 4 is 24.1 Å². The van der Waals surface area contributed by atoms with Crippen LogP contribution in [-0.4, -0.2) is 60.6 Å². The number of hydrogen-bond donors (Lipinski definition) is 3. The Bertz CT molecular complexity index is 1190. The number of hydrogen-bond acceptors (Lipinski definition) is 7. The summed E-state index contributed by atoms with van der Waals surface area (Å²) < 4.78 is 16.2. The van der Waals surface area contributed by atoms with Gasteiger partial charge in [-0.05, 0) is 55.9 Å². The highest BCUT2D eigenvalue weighted by atomic mass is 16.6. The average molecular weight is 539 g/mol. The van der Waals surface area contributed by atoms with Gasteiger partial charge in [0.2, 0.25) is 0 Å². The van der Waals surface area contributed by atoms with Crippen LogP contribution in [0.5, 0.6) is 0 Å².